The molecule has 0 spiro atoms. The number of likely N-dealkylation sites (tertiary alicyclic amines) is 1. The minimum atomic E-state index is -0.602. The second-order valence-corrected chi connectivity index (χ2v) is 5.67. The van der Waals surface area contributed by atoms with Gasteiger partial charge in [-0.1, -0.05) is 26.7 Å². The number of esters is 1. The lowest BCUT2D eigenvalue weighted by molar-refractivity contribution is -0.145. The highest BCUT2D eigenvalue weighted by Crippen LogP contribution is 2.37. The van der Waals surface area contributed by atoms with E-state index in [-0.39, 0.29) is 12.4 Å². The number of nitrogens with zero attached hydrogens (tertiary/aromatic N) is 1. The third-order valence-corrected chi connectivity index (χ3v) is 4.59. The van der Waals surface area contributed by atoms with Crippen LogP contribution in [-0.2, 0) is 9.53 Å². The van der Waals surface area contributed by atoms with Gasteiger partial charge in [0.15, 0.2) is 0 Å². The first-order chi connectivity index (χ1) is 9.05. The number of ether oxygens (including phenoxy) is 1. The van der Waals surface area contributed by atoms with Gasteiger partial charge in [0.25, 0.3) is 0 Å². The molecule has 1 aliphatic heterocycles. The van der Waals surface area contributed by atoms with E-state index >= 15 is 0 Å². The lowest BCUT2D eigenvalue weighted by Crippen LogP contribution is -2.43. The third-order valence-electron chi connectivity index (χ3n) is 4.59. The van der Waals surface area contributed by atoms with Gasteiger partial charge >= 0.3 is 5.97 Å². The number of β-amino-alcohol motifs (C(OH)–C–C–N with tert-alkyl or cyclic N) is 1. The zero-order chi connectivity index (χ0) is 14.3. The van der Waals surface area contributed by atoms with E-state index in [9.17, 15) is 9.90 Å². The third kappa shape index (κ3) is 5.11. The Bertz CT molecular complexity index is 267. The minimum Gasteiger partial charge on any atom is -0.466 e. The number of piperidine rings is 1. The molecule has 4 nitrogen and oxygen atoms in total. The van der Waals surface area contributed by atoms with E-state index in [0.717, 1.165) is 13.1 Å². The summed E-state index contributed by atoms with van der Waals surface area (Å²) in [5.74, 6) is -0.302. The average molecular weight is 271 g/mol. The van der Waals surface area contributed by atoms with E-state index in [2.05, 4.69) is 18.7 Å². The SMILES string of the molecule is CCOC(=O)CC(O)CN1CCC(CC)(CC)CC1. The van der Waals surface area contributed by atoms with E-state index in [1.807, 2.05) is 0 Å². The van der Waals surface area contributed by atoms with Gasteiger partial charge < -0.3 is 14.7 Å². The van der Waals surface area contributed by atoms with Gasteiger partial charge in [0.05, 0.1) is 19.1 Å². The first-order valence-corrected chi connectivity index (χ1v) is 7.61. The monoisotopic (exact) mass is 271 g/mol. The molecule has 0 bridgehead atoms. The summed E-state index contributed by atoms with van der Waals surface area (Å²) in [5, 5.41) is 9.90. The van der Waals surface area contributed by atoms with E-state index in [1.54, 1.807) is 6.92 Å². The van der Waals surface area contributed by atoms with Gasteiger partial charge in [-0.25, -0.2) is 0 Å². The Kier molecular flexibility index (Phi) is 6.80. The maximum Gasteiger partial charge on any atom is 0.308 e. The van der Waals surface area contributed by atoms with Gasteiger partial charge in [0.1, 0.15) is 0 Å². The van der Waals surface area contributed by atoms with Crippen LogP contribution in [0.3, 0.4) is 0 Å². The Morgan fingerprint density at radius 2 is 1.84 bits per heavy atom. The van der Waals surface area contributed by atoms with E-state index < -0.39 is 6.10 Å². The molecule has 1 N–H and O–H groups in total. The Balaban J connectivity index is 2.30. The molecule has 0 aromatic carbocycles. The molecule has 1 unspecified atom stereocenters. The highest BCUT2D eigenvalue weighted by molar-refractivity contribution is 5.69. The van der Waals surface area contributed by atoms with Gasteiger partial charge in [0.2, 0.25) is 0 Å². The molecule has 0 aromatic heterocycles. The molecular formula is C15H29NO3. The molecule has 1 rings (SSSR count). The molecular weight excluding hydrogens is 242 g/mol. The summed E-state index contributed by atoms with van der Waals surface area (Å²) in [4.78, 5) is 13.6. The molecule has 0 aromatic rings. The molecule has 4 heteroatoms. The van der Waals surface area contributed by atoms with Crippen molar-refractivity contribution in [3.63, 3.8) is 0 Å². The van der Waals surface area contributed by atoms with Crippen molar-refractivity contribution in [1.82, 2.24) is 4.90 Å². The first kappa shape index (κ1) is 16.4. The summed E-state index contributed by atoms with van der Waals surface area (Å²) in [7, 11) is 0. The summed E-state index contributed by atoms with van der Waals surface area (Å²) in [6.07, 6.45) is 4.38. The van der Waals surface area contributed by atoms with Crippen molar-refractivity contribution in [1.29, 1.82) is 0 Å². The Morgan fingerprint density at radius 1 is 1.26 bits per heavy atom. The lowest BCUT2D eigenvalue weighted by atomic mass is 9.74. The zero-order valence-electron chi connectivity index (χ0n) is 12.7. The standard InChI is InChI=1S/C15H29NO3/c1-4-15(5-2)7-9-16(10-8-15)12-13(17)11-14(18)19-6-3/h13,17H,4-12H2,1-3H3. The van der Waals surface area contributed by atoms with Crippen LogP contribution in [0.4, 0.5) is 0 Å². The summed E-state index contributed by atoms with van der Waals surface area (Å²) in [6.45, 7) is 9.35. The van der Waals surface area contributed by atoms with Crippen molar-refractivity contribution >= 4 is 5.97 Å². The molecule has 19 heavy (non-hydrogen) atoms. The van der Waals surface area contributed by atoms with Crippen LogP contribution in [0.5, 0.6) is 0 Å². The van der Waals surface area contributed by atoms with Crippen LogP contribution in [0.2, 0.25) is 0 Å². The summed E-state index contributed by atoms with van der Waals surface area (Å²) < 4.78 is 4.85. The molecule has 0 aliphatic carbocycles. The fraction of sp³-hybridized carbons (Fsp3) is 0.933. The Labute approximate surface area is 117 Å². The summed E-state index contributed by atoms with van der Waals surface area (Å²) in [6, 6.07) is 0. The van der Waals surface area contributed by atoms with E-state index in [4.69, 9.17) is 4.74 Å². The van der Waals surface area contributed by atoms with Gasteiger partial charge in [-0.05, 0) is 38.3 Å². The van der Waals surface area contributed by atoms with Crippen LogP contribution in [0.25, 0.3) is 0 Å². The van der Waals surface area contributed by atoms with Crippen LogP contribution in [-0.4, -0.2) is 48.3 Å². The van der Waals surface area contributed by atoms with Crippen LogP contribution >= 0.6 is 0 Å². The van der Waals surface area contributed by atoms with Gasteiger partial charge in [-0.2, -0.15) is 0 Å². The minimum absolute atomic E-state index is 0.108. The topological polar surface area (TPSA) is 49.8 Å². The normalized spacial score (nSPS) is 21.1. The number of hydrogen-bond donors (Lipinski definition) is 1. The van der Waals surface area contributed by atoms with Gasteiger partial charge in [-0.15, -0.1) is 0 Å². The molecule has 112 valence electrons. The van der Waals surface area contributed by atoms with Crippen LogP contribution < -0.4 is 0 Å². The van der Waals surface area contributed by atoms with Gasteiger partial charge in [-0.3, -0.25) is 4.79 Å². The molecule has 1 fully saturated rings. The molecule has 1 saturated heterocycles. The van der Waals surface area contributed by atoms with Crippen molar-refractivity contribution in [2.75, 3.05) is 26.2 Å². The second-order valence-electron chi connectivity index (χ2n) is 5.67. The highest BCUT2D eigenvalue weighted by atomic mass is 16.5. The lowest BCUT2D eigenvalue weighted by Gasteiger charge is -2.41. The fourth-order valence-electron chi connectivity index (χ4n) is 2.94. The molecule has 1 aliphatic rings. The largest absolute Gasteiger partial charge is 0.466 e. The number of hydrogen-bond acceptors (Lipinski definition) is 4. The summed E-state index contributed by atoms with van der Waals surface area (Å²) >= 11 is 0. The maximum absolute atomic E-state index is 11.3. The first-order valence-electron chi connectivity index (χ1n) is 7.61. The van der Waals surface area contributed by atoms with Crippen molar-refractivity contribution in [2.45, 2.75) is 59.0 Å². The zero-order valence-corrected chi connectivity index (χ0v) is 12.7. The summed E-state index contributed by atoms with van der Waals surface area (Å²) in [5.41, 5.74) is 0.503. The predicted octanol–water partition coefficient (Wildman–Crippen LogP) is 2.20. The average Bonchev–Trinajstić information content (AvgIpc) is 2.40. The molecule has 0 saturated carbocycles. The number of rotatable bonds is 7. The number of aliphatic hydroxyl groups is 1. The van der Waals surface area contributed by atoms with E-state index in [1.165, 1.54) is 25.7 Å². The van der Waals surface area contributed by atoms with Crippen molar-refractivity contribution in [3.8, 4) is 0 Å². The van der Waals surface area contributed by atoms with Crippen LogP contribution in [0.15, 0.2) is 0 Å². The quantitative estimate of drug-likeness (QED) is 0.721. The predicted molar refractivity (Wildman–Crippen MR) is 75.9 cm³/mol. The maximum atomic E-state index is 11.3. The van der Waals surface area contributed by atoms with E-state index in [0.29, 0.717) is 18.6 Å². The molecule has 1 heterocycles. The fourth-order valence-corrected chi connectivity index (χ4v) is 2.94. The molecule has 0 radical (unpaired) electrons. The highest BCUT2D eigenvalue weighted by Gasteiger charge is 2.31. The smallest absolute Gasteiger partial charge is 0.308 e. The van der Waals surface area contributed by atoms with Crippen molar-refractivity contribution < 1.29 is 14.6 Å². The number of carbonyl (C=O) groups excluding carboxylic acids is 1. The Hall–Kier alpha value is -0.610. The number of carbonyl (C=O) groups is 1. The van der Waals surface area contributed by atoms with Crippen molar-refractivity contribution in [3.05, 3.63) is 0 Å². The van der Waals surface area contributed by atoms with Crippen LogP contribution in [0, 0.1) is 5.41 Å². The van der Waals surface area contributed by atoms with Gasteiger partial charge in [0, 0.05) is 6.54 Å². The Morgan fingerprint density at radius 3 is 2.32 bits per heavy atom. The number of aliphatic hydroxyl groups excluding tert-OH is 1. The molecule has 0 amide bonds. The van der Waals surface area contributed by atoms with Crippen molar-refractivity contribution in [2.24, 2.45) is 5.41 Å². The second kappa shape index (κ2) is 7.85. The molecule has 1 atom stereocenters. The van der Waals surface area contributed by atoms with Crippen LogP contribution in [0.1, 0.15) is 52.9 Å².